The molecule has 1 aliphatic rings. The van der Waals surface area contributed by atoms with E-state index in [4.69, 9.17) is 0 Å². The van der Waals surface area contributed by atoms with E-state index in [-0.39, 0.29) is 6.10 Å². The fourth-order valence-electron chi connectivity index (χ4n) is 2.73. The number of aliphatic hydroxyl groups excluding tert-OH is 1. The Labute approximate surface area is 101 Å². The van der Waals surface area contributed by atoms with Crippen molar-refractivity contribution in [3.8, 4) is 0 Å². The predicted molar refractivity (Wildman–Crippen MR) is 71.5 cm³/mol. The summed E-state index contributed by atoms with van der Waals surface area (Å²) in [5, 5.41) is 12.3. The van der Waals surface area contributed by atoms with Gasteiger partial charge < -0.3 is 10.0 Å². The molecule has 88 valence electrons. The predicted octanol–water partition coefficient (Wildman–Crippen LogP) is 2.72. The van der Waals surface area contributed by atoms with Gasteiger partial charge in [-0.25, -0.2) is 0 Å². The third-order valence-electron chi connectivity index (χ3n) is 3.60. The molecule has 0 saturated carbocycles. The standard InChI is InChI=1S/C15H17NO/c1-11-4-2-5-12-6-3-7-14(15(11)12)16-9-8-13(17)10-16/h2-7,13,17H,8-10H2,1H3/t13-/m1/s1. The summed E-state index contributed by atoms with van der Waals surface area (Å²) in [6.45, 7) is 3.86. The smallest absolute Gasteiger partial charge is 0.0731 e. The van der Waals surface area contributed by atoms with Crippen molar-refractivity contribution < 1.29 is 5.11 Å². The van der Waals surface area contributed by atoms with Crippen molar-refractivity contribution in [1.29, 1.82) is 0 Å². The molecule has 2 aromatic rings. The number of fused-ring (bicyclic) bond motifs is 1. The van der Waals surface area contributed by atoms with Crippen LogP contribution in [0.1, 0.15) is 12.0 Å². The second-order valence-corrected chi connectivity index (χ2v) is 4.84. The molecule has 0 bridgehead atoms. The molecule has 17 heavy (non-hydrogen) atoms. The van der Waals surface area contributed by atoms with Gasteiger partial charge in [-0.1, -0.05) is 30.3 Å². The average Bonchev–Trinajstić information content (AvgIpc) is 2.75. The number of aryl methyl sites for hydroxylation is 1. The second kappa shape index (κ2) is 4.04. The summed E-state index contributed by atoms with van der Waals surface area (Å²) in [5.74, 6) is 0. The molecular weight excluding hydrogens is 210 g/mol. The minimum absolute atomic E-state index is 0.172. The van der Waals surface area contributed by atoms with Crippen molar-refractivity contribution in [2.45, 2.75) is 19.4 Å². The van der Waals surface area contributed by atoms with E-state index in [1.54, 1.807) is 0 Å². The lowest BCUT2D eigenvalue weighted by atomic mass is 10.0. The van der Waals surface area contributed by atoms with Crippen molar-refractivity contribution in [2.24, 2.45) is 0 Å². The van der Waals surface area contributed by atoms with Crippen LogP contribution in [-0.4, -0.2) is 24.3 Å². The molecule has 1 aliphatic heterocycles. The quantitative estimate of drug-likeness (QED) is 0.809. The Balaban J connectivity index is 2.16. The van der Waals surface area contributed by atoms with Crippen LogP contribution in [0.15, 0.2) is 36.4 Å². The maximum atomic E-state index is 9.66. The van der Waals surface area contributed by atoms with Crippen LogP contribution in [0.2, 0.25) is 0 Å². The zero-order valence-corrected chi connectivity index (χ0v) is 10.1. The molecule has 2 aromatic carbocycles. The highest BCUT2D eigenvalue weighted by Crippen LogP contribution is 2.31. The maximum absolute atomic E-state index is 9.66. The van der Waals surface area contributed by atoms with Crippen molar-refractivity contribution in [1.82, 2.24) is 0 Å². The third-order valence-corrected chi connectivity index (χ3v) is 3.60. The van der Waals surface area contributed by atoms with E-state index < -0.39 is 0 Å². The molecule has 0 aliphatic carbocycles. The maximum Gasteiger partial charge on any atom is 0.0731 e. The summed E-state index contributed by atoms with van der Waals surface area (Å²) >= 11 is 0. The van der Waals surface area contributed by atoms with E-state index in [0.29, 0.717) is 0 Å². The van der Waals surface area contributed by atoms with E-state index in [1.807, 2.05) is 0 Å². The van der Waals surface area contributed by atoms with E-state index in [9.17, 15) is 5.11 Å². The fraction of sp³-hybridized carbons (Fsp3) is 0.333. The highest BCUT2D eigenvalue weighted by Gasteiger charge is 2.21. The first-order valence-corrected chi connectivity index (χ1v) is 6.17. The fourth-order valence-corrected chi connectivity index (χ4v) is 2.73. The number of β-amino-alcohol motifs (C(OH)–C–C–N with tert-alkyl or cyclic N) is 1. The van der Waals surface area contributed by atoms with Crippen molar-refractivity contribution in [3.63, 3.8) is 0 Å². The van der Waals surface area contributed by atoms with E-state index in [1.165, 1.54) is 22.0 Å². The molecule has 1 heterocycles. The molecule has 0 unspecified atom stereocenters. The highest BCUT2D eigenvalue weighted by atomic mass is 16.3. The highest BCUT2D eigenvalue weighted by molar-refractivity contribution is 5.96. The van der Waals surface area contributed by atoms with Crippen LogP contribution < -0.4 is 4.90 Å². The first-order chi connectivity index (χ1) is 8.25. The van der Waals surface area contributed by atoms with Crippen molar-refractivity contribution in [3.05, 3.63) is 42.0 Å². The Bertz CT molecular complexity index is 544. The number of aliphatic hydroxyl groups is 1. The Morgan fingerprint density at radius 1 is 1.18 bits per heavy atom. The number of hydrogen-bond acceptors (Lipinski definition) is 2. The Hall–Kier alpha value is -1.54. The molecule has 1 fully saturated rings. The number of benzene rings is 2. The molecule has 0 aromatic heterocycles. The minimum Gasteiger partial charge on any atom is -0.391 e. The number of anilines is 1. The lowest BCUT2D eigenvalue weighted by Gasteiger charge is -2.21. The topological polar surface area (TPSA) is 23.5 Å². The molecule has 1 saturated heterocycles. The molecule has 1 N–H and O–H groups in total. The Morgan fingerprint density at radius 3 is 2.65 bits per heavy atom. The van der Waals surface area contributed by atoms with Crippen LogP contribution >= 0.6 is 0 Å². The molecule has 0 spiro atoms. The SMILES string of the molecule is Cc1cccc2cccc(N3CC[C@@H](O)C3)c12. The van der Waals surface area contributed by atoms with Gasteiger partial charge >= 0.3 is 0 Å². The lowest BCUT2D eigenvalue weighted by molar-refractivity contribution is 0.198. The first-order valence-electron chi connectivity index (χ1n) is 6.17. The number of hydrogen-bond donors (Lipinski definition) is 1. The van der Waals surface area contributed by atoms with Gasteiger partial charge in [0.1, 0.15) is 0 Å². The molecule has 3 rings (SSSR count). The van der Waals surface area contributed by atoms with Crippen LogP contribution in [0.4, 0.5) is 5.69 Å². The number of rotatable bonds is 1. The largest absolute Gasteiger partial charge is 0.391 e. The number of nitrogens with zero attached hydrogens (tertiary/aromatic N) is 1. The second-order valence-electron chi connectivity index (χ2n) is 4.84. The van der Waals surface area contributed by atoms with Gasteiger partial charge in [0.2, 0.25) is 0 Å². The summed E-state index contributed by atoms with van der Waals surface area (Å²) in [6, 6.07) is 12.8. The van der Waals surface area contributed by atoms with Gasteiger partial charge in [-0.05, 0) is 30.4 Å². The van der Waals surface area contributed by atoms with Gasteiger partial charge in [0.15, 0.2) is 0 Å². The van der Waals surface area contributed by atoms with Gasteiger partial charge in [0, 0.05) is 24.2 Å². The molecule has 2 nitrogen and oxygen atoms in total. The molecule has 0 radical (unpaired) electrons. The van der Waals surface area contributed by atoms with Crippen LogP contribution in [0.5, 0.6) is 0 Å². The Morgan fingerprint density at radius 2 is 1.94 bits per heavy atom. The van der Waals surface area contributed by atoms with Crippen LogP contribution in [0, 0.1) is 6.92 Å². The zero-order chi connectivity index (χ0) is 11.8. The average molecular weight is 227 g/mol. The van der Waals surface area contributed by atoms with Crippen molar-refractivity contribution in [2.75, 3.05) is 18.0 Å². The molecule has 1 atom stereocenters. The van der Waals surface area contributed by atoms with Gasteiger partial charge in [-0.3, -0.25) is 0 Å². The summed E-state index contributed by atoms with van der Waals surface area (Å²) < 4.78 is 0. The van der Waals surface area contributed by atoms with Crippen LogP contribution in [0.25, 0.3) is 10.8 Å². The Kier molecular flexibility index (Phi) is 2.52. The summed E-state index contributed by atoms with van der Waals surface area (Å²) in [7, 11) is 0. The van der Waals surface area contributed by atoms with E-state index >= 15 is 0 Å². The van der Waals surface area contributed by atoms with E-state index in [0.717, 1.165) is 19.5 Å². The van der Waals surface area contributed by atoms with E-state index in [2.05, 4.69) is 48.2 Å². The molecule has 0 amide bonds. The van der Waals surface area contributed by atoms with Gasteiger partial charge in [0.05, 0.1) is 6.10 Å². The van der Waals surface area contributed by atoms with Gasteiger partial charge in [-0.2, -0.15) is 0 Å². The van der Waals surface area contributed by atoms with Crippen LogP contribution in [0.3, 0.4) is 0 Å². The lowest BCUT2D eigenvalue weighted by Crippen LogP contribution is -2.21. The molecule has 2 heteroatoms. The third kappa shape index (κ3) is 1.79. The summed E-state index contributed by atoms with van der Waals surface area (Å²) in [5.41, 5.74) is 2.57. The summed E-state index contributed by atoms with van der Waals surface area (Å²) in [6.07, 6.45) is 0.705. The van der Waals surface area contributed by atoms with Crippen LogP contribution in [-0.2, 0) is 0 Å². The van der Waals surface area contributed by atoms with Gasteiger partial charge in [-0.15, -0.1) is 0 Å². The minimum atomic E-state index is -0.172. The molecular formula is C15H17NO. The monoisotopic (exact) mass is 227 g/mol. The normalized spacial score (nSPS) is 20.1. The summed E-state index contributed by atoms with van der Waals surface area (Å²) in [4.78, 5) is 2.29. The van der Waals surface area contributed by atoms with Gasteiger partial charge in [0.25, 0.3) is 0 Å². The van der Waals surface area contributed by atoms with Crippen molar-refractivity contribution >= 4 is 16.5 Å². The first kappa shape index (κ1) is 10.6. The zero-order valence-electron chi connectivity index (χ0n) is 10.1.